The normalized spacial score (nSPS) is 27.1. The molecule has 0 heterocycles. The van der Waals surface area contributed by atoms with Crippen LogP contribution in [0.4, 0.5) is 0 Å². The molecule has 0 aromatic carbocycles. The summed E-state index contributed by atoms with van der Waals surface area (Å²) in [6.45, 7) is 8.55. The van der Waals surface area contributed by atoms with Gasteiger partial charge in [-0.3, -0.25) is 0 Å². The van der Waals surface area contributed by atoms with Crippen molar-refractivity contribution in [1.29, 1.82) is 0 Å². The van der Waals surface area contributed by atoms with Crippen LogP contribution in [0.3, 0.4) is 0 Å². The van der Waals surface area contributed by atoms with Crippen LogP contribution in [0, 0.1) is 0 Å². The molecular weight excluding hydrogens is 176 g/mol. The molecule has 0 N–H and O–H groups in total. The predicted molar refractivity (Wildman–Crippen MR) is 58.3 cm³/mol. The van der Waals surface area contributed by atoms with Crippen LogP contribution >= 0.6 is 0 Å². The van der Waals surface area contributed by atoms with E-state index in [1.54, 1.807) is 12.2 Å². The Morgan fingerprint density at radius 2 is 1.36 bits per heavy atom. The van der Waals surface area contributed by atoms with Gasteiger partial charge in [0, 0.05) is 0 Å². The summed E-state index contributed by atoms with van der Waals surface area (Å²) >= 11 is 0. The van der Waals surface area contributed by atoms with Crippen molar-refractivity contribution in [1.82, 2.24) is 0 Å². The van der Waals surface area contributed by atoms with Gasteiger partial charge in [0.25, 0.3) is 0 Å². The van der Waals surface area contributed by atoms with Crippen LogP contribution in [0.1, 0.15) is 25.7 Å². The van der Waals surface area contributed by atoms with Crippen molar-refractivity contribution in [2.75, 3.05) is 13.2 Å². The summed E-state index contributed by atoms with van der Waals surface area (Å²) in [7, 11) is 0. The Labute approximate surface area is 86.6 Å². The van der Waals surface area contributed by atoms with Crippen molar-refractivity contribution in [2.45, 2.75) is 37.9 Å². The first kappa shape index (κ1) is 11.5. The quantitative estimate of drug-likeness (QED) is 0.608. The summed E-state index contributed by atoms with van der Waals surface area (Å²) in [6.07, 6.45) is 8.79. The minimum atomic E-state index is 0.252. The van der Waals surface area contributed by atoms with Crippen LogP contribution in [0.25, 0.3) is 0 Å². The molecule has 2 unspecified atom stereocenters. The molecule has 1 fully saturated rings. The summed E-state index contributed by atoms with van der Waals surface area (Å²) in [5.74, 6) is 0. The molecule has 0 bridgehead atoms. The Morgan fingerprint density at radius 1 is 0.929 bits per heavy atom. The zero-order valence-electron chi connectivity index (χ0n) is 8.78. The van der Waals surface area contributed by atoms with Crippen LogP contribution in [0.15, 0.2) is 25.3 Å². The Bertz CT molecular complexity index is 157. The molecule has 2 heteroatoms. The maximum atomic E-state index is 5.66. The van der Waals surface area contributed by atoms with Gasteiger partial charge in [-0.25, -0.2) is 0 Å². The largest absolute Gasteiger partial charge is 0.371 e. The Kier molecular flexibility index (Phi) is 5.57. The minimum Gasteiger partial charge on any atom is -0.371 e. The number of rotatable bonds is 6. The number of hydrogen-bond donors (Lipinski definition) is 0. The second-order valence-corrected chi connectivity index (χ2v) is 3.61. The Balaban J connectivity index is 2.33. The number of hydrogen-bond acceptors (Lipinski definition) is 2. The van der Waals surface area contributed by atoms with Crippen LogP contribution in [0.5, 0.6) is 0 Å². The van der Waals surface area contributed by atoms with Gasteiger partial charge in [0.05, 0.1) is 25.4 Å². The van der Waals surface area contributed by atoms with Gasteiger partial charge in [-0.05, 0) is 12.8 Å². The first-order chi connectivity index (χ1) is 6.88. The second-order valence-electron chi connectivity index (χ2n) is 3.61. The molecule has 2 atom stereocenters. The van der Waals surface area contributed by atoms with Gasteiger partial charge in [-0.1, -0.05) is 25.0 Å². The summed E-state index contributed by atoms with van der Waals surface area (Å²) in [6, 6.07) is 0. The molecule has 0 spiro atoms. The van der Waals surface area contributed by atoms with Crippen LogP contribution in [-0.2, 0) is 9.47 Å². The van der Waals surface area contributed by atoms with E-state index in [1.807, 2.05) is 0 Å². The van der Waals surface area contributed by atoms with Gasteiger partial charge in [0.1, 0.15) is 0 Å². The molecule has 1 rings (SSSR count). The van der Waals surface area contributed by atoms with Gasteiger partial charge < -0.3 is 9.47 Å². The lowest BCUT2D eigenvalue weighted by Gasteiger charge is -2.30. The first-order valence-corrected chi connectivity index (χ1v) is 5.33. The minimum absolute atomic E-state index is 0.252. The average molecular weight is 196 g/mol. The maximum Gasteiger partial charge on any atom is 0.0841 e. The fourth-order valence-electron chi connectivity index (χ4n) is 1.83. The van der Waals surface area contributed by atoms with Crippen LogP contribution < -0.4 is 0 Å². The molecule has 1 aliphatic rings. The highest BCUT2D eigenvalue weighted by Crippen LogP contribution is 2.23. The van der Waals surface area contributed by atoms with Gasteiger partial charge in [-0.2, -0.15) is 0 Å². The van der Waals surface area contributed by atoms with E-state index < -0.39 is 0 Å². The monoisotopic (exact) mass is 196 g/mol. The lowest BCUT2D eigenvalue weighted by molar-refractivity contribution is -0.0782. The molecular formula is C12H20O2. The standard InChI is InChI=1S/C12H20O2/c1-3-9-13-11-7-5-6-8-12(11)14-10-4-2/h3-4,11-12H,1-2,5-10H2. The van der Waals surface area contributed by atoms with E-state index in [2.05, 4.69) is 13.2 Å². The predicted octanol–water partition coefficient (Wildman–Crippen LogP) is 2.70. The smallest absolute Gasteiger partial charge is 0.0841 e. The van der Waals surface area contributed by atoms with Crippen molar-refractivity contribution in [3.8, 4) is 0 Å². The highest BCUT2D eigenvalue weighted by atomic mass is 16.5. The lowest BCUT2D eigenvalue weighted by atomic mass is 9.94. The first-order valence-electron chi connectivity index (χ1n) is 5.33. The van der Waals surface area contributed by atoms with E-state index in [9.17, 15) is 0 Å². The molecule has 2 nitrogen and oxygen atoms in total. The SMILES string of the molecule is C=CCOC1CCCCC1OCC=C. The van der Waals surface area contributed by atoms with Gasteiger partial charge in [0.15, 0.2) is 0 Å². The molecule has 1 aliphatic carbocycles. The van der Waals surface area contributed by atoms with Gasteiger partial charge >= 0.3 is 0 Å². The van der Waals surface area contributed by atoms with E-state index >= 15 is 0 Å². The molecule has 0 aromatic rings. The molecule has 0 saturated heterocycles. The molecule has 0 aliphatic heterocycles. The fraction of sp³-hybridized carbons (Fsp3) is 0.667. The Hall–Kier alpha value is -0.600. The summed E-state index contributed by atoms with van der Waals surface area (Å²) in [5, 5.41) is 0. The second kappa shape index (κ2) is 6.80. The maximum absolute atomic E-state index is 5.66. The summed E-state index contributed by atoms with van der Waals surface area (Å²) in [5.41, 5.74) is 0. The van der Waals surface area contributed by atoms with E-state index in [0.29, 0.717) is 13.2 Å². The van der Waals surface area contributed by atoms with E-state index in [0.717, 1.165) is 12.8 Å². The highest BCUT2D eigenvalue weighted by molar-refractivity contribution is 4.79. The topological polar surface area (TPSA) is 18.5 Å². The average Bonchev–Trinajstić information content (AvgIpc) is 2.24. The summed E-state index contributed by atoms with van der Waals surface area (Å²) in [4.78, 5) is 0. The lowest BCUT2D eigenvalue weighted by Crippen LogP contribution is -2.34. The third-order valence-corrected chi connectivity index (χ3v) is 2.50. The van der Waals surface area contributed by atoms with Gasteiger partial charge in [-0.15, -0.1) is 13.2 Å². The van der Waals surface area contributed by atoms with E-state index in [-0.39, 0.29) is 12.2 Å². The van der Waals surface area contributed by atoms with E-state index in [4.69, 9.17) is 9.47 Å². The third kappa shape index (κ3) is 3.64. The third-order valence-electron chi connectivity index (χ3n) is 2.50. The molecule has 0 amide bonds. The van der Waals surface area contributed by atoms with Crippen LogP contribution in [-0.4, -0.2) is 25.4 Å². The zero-order chi connectivity index (χ0) is 10.2. The highest BCUT2D eigenvalue weighted by Gasteiger charge is 2.25. The van der Waals surface area contributed by atoms with E-state index in [1.165, 1.54) is 12.8 Å². The molecule has 14 heavy (non-hydrogen) atoms. The molecule has 1 saturated carbocycles. The number of ether oxygens (including phenoxy) is 2. The summed E-state index contributed by atoms with van der Waals surface area (Å²) < 4.78 is 11.3. The molecule has 80 valence electrons. The zero-order valence-corrected chi connectivity index (χ0v) is 8.78. The molecule has 0 aromatic heterocycles. The Morgan fingerprint density at radius 3 is 1.71 bits per heavy atom. The van der Waals surface area contributed by atoms with Crippen molar-refractivity contribution in [3.63, 3.8) is 0 Å². The van der Waals surface area contributed by atoms with Crippen molar-refractivity contribution in [2.24, 2.45) is 0 Å². The van der Waals surface area contributed by atoms with Crippen molar-refractivity contribution in [3.05, 3.63) is 25.3 Å². The van der Waals surface area contributed by atoms with Crippen LogP contribution in [0.2, 0.25) is 0 Å². The van der Waals surface area contributed by atoms with Gasteiger partial charge in [0.2, 0.25) is 0 Å². The van der Waals surface area contributed by atoms with Crippen molar-refractivity contribution < 1.29 is 9.47 Å². The van der Waals surface area contributed by atoms with Crippen molar-refractivity contribution >= 4 is 0 Å². The molecule has 0 radical (unpaired) electrons. The fourth-order valence-corrected chi connectivity index (χ4v) is 1.83.